The van der Waals surface area contributed by atoms with Crippen molar-refractivity contribution < 1.29 is 9.59 Å². The van der Waals surface area contributed by atoms with Gasteiger partial charge in [0.1, 0.15) is 11.9 Å². The normalized spacial score (nSPS) is 14.3. The van der Waals surface area contributed by atoms with Crippen LogP contribution in [0.15, 0.2) is 48.7 Å². The minimum Gasteiger partial charge on any atom is -0.354 e. The Bertz CT molecular complexity index is 1070. The molecular formula is C24H29N5O2. The first-order valence-corrected chi connectivity index (χ1v) is 11.0. The van der Waals surface area contributed by atoms with E-state index in [1.165, 1.54) is 0 Å². The molecule has 162 valence electrons. The predicted molar refractivity (Wildman–Crippen MR) is 118 cm³/mol. The highest BCUT2D eigenvalue weighted by molar-refractivity contribution is 6.01. The SMILES string of the molecule is CC(C)C(C(=O)NCCCCCc1nnc2ccccn12)N1Cc2ccccc2C1=O. The molecule has 1 aliphatic rings. The number of hydrogen-bond donors (Lipinski definition) is 1. The van der Waals surface area contributed by atoms with Gasteiger partial charge in [-0.25, -0.2) is 0 Å². The first-order valence-electron chi connectivity index (χ1n) is 11.0. The van der Waals surface area contributed by atoms with Crippen LogP contribution in [0.3, 0.4) is 0 Å². The van der Waals surface area contributed by atoms with Crippen molar-refractivity contribution in [3.05, 3.63) is 65.6 Å². The van der Waals surface area contributed by atoms with Crippen molar-refractivity contribution in [2.24, 2.45) is 5.92 Å². The number of pyridine rings is 1. The molecule has 7 heteroatoms. The summed E-state index contributed by atoms with van der Waals surface area (Å²) in [7, 11) is 0. The van der Waals surface area contributed by atoms with E-state index in [0.717, 1.165) is 42.7 Å². The quantitative estimate of drug-likeness (QED) is 0.540. The fourth-order valence-corrected chi connectivity index (χ4v) is 4.27. The number of aromatic nitrogens is 3. The van der Waals surface area contributed by atoms with E-state index in [2.05, 4.69) is 15.5 Å². The molecule has 3 heterocycles. The number of hydrogen-bond acceptors (Lipinski definition) is 4. The Kier molecular flexibility index (Phi) is 6.30. The van der Waals surface area contributed by atoms with E-state index in [1.54, 1.807) is 4.90 Å². The first-order chi connectivity index (χ1) is 15.1. The third kappa shape index (κ3) is 4.45. The molecule has 1 aliphatic heterocycles. The molecule has 31 heavy (non-hydrogen) atoms. The highest BCUT2D eigenvalue weighted by Crippen LogP contribution is 2.27. The van der Waals surface area contributed by atoms with Gasteiger partial charge >= 0.3 is 0 Å². The molecule has 0 fully saturated rings. The summed E-state index contributed by atoms with van der Waals surface area (Å²) >= 11 is 0. The van der Waals surface area contributed by atoms with Crippen molar-refractivity contribution in [3.8, 4) is 0 Å². The van der Waals surface area contributed by atoms with Crippen LogP contribution in [0.2, 0.25) is 0 Å². The second-order valence-corrected chi connectivity index (χ2v) is 8.43. The highest BCUT2D eigenvalue weighted by Gasteiger charge is 2.37. The van der Waals surface area contributed by atoms with Crippen LogP contribution in [-0.4, -0.2) is 43.9 Å². The average Bonchev–Trinajstić information content (AvgIpc) is 3.32. The molecule has 0 aliphatic carbocycles. The van der Waals surface area contributed by atoms with E-state index < -0.39 is 6.04 Å². The summed E-state index contributed by atoms with van der Waals surface area (Å²) in [6, 6.07) is 13.0. The summed E-state index contributed by atoms with van der Waals surface area (Å²) in [6.07, 6.45) is 5.70. The Labute approximate surface area is 182 Å². The van der Waals surface area contributed by atoms with Gasteiger partial charge in [-0.2, -0.15) is 0 Å². The van der Waals surface area contributed by atoms with E-state index in [-0.39, 0.29) is 17.7 Å². The number of nitrogens with one attached hydrogen (secondary N) is 1. The van der Waals surface area contributed by atoms with E-state index in [9.17, 15) is 9.59 Å². The monoisotopic (exact) mass is 419 g/mol. The molecule has 3 aromatic rings. The zero-order valence-electron chi connectivity index (χ0n) is 18.1. The zero-order chi connectivity index (χ0) is 21.8. The van der Waals surface area contributed by atoms with Crippen LogP contribution in [0.4, 0.5) is 0 Å². The number of unbranched alkanes of at least 4 members (excludes halogenated alkanes) is 2. The van der Waals surface area contributed by atoms with Gasteiger partial charge in [-0.1, -0.05) is 44.5 Å². The van der Waals surface area contributed by atoms with Crippen LogP contribution < -0.4 is 5.32 Å². The van der Waals surface area contributed by atoms with Gasteiger partial charge in [0.25, 0.3) is 5.91 Å². The third-order valence-electron chi connectivity index (χ3n) is 5.85. The van der Waals surface area contributed by atoms with Crippen LogP contribution in [0, 0.1) is 5.92 Å². The van der Waals surface area contributed by atoms with Gasteiger partial charge in [0, 0.05) is 31.3 Å². The van der Waals surface area contributed by atoms with Crippen LogP contribution in [0.1, 0.15) is 54.9 Å². The van der Waals surface area contributed by atoms with Gasteiger partial charge in [0.15, 0.2) is 5.65 Å². The Morgan fingerprint density at radius 1 is 1.06 bits per heavy atom. The van der Waals surface area contributed by atoms with Gasteiger partial charge in [-0.3, -0.25) is 14.0 Å². The molecule has 0 radical (unpaired) electrons. The smallest absolute Gasteiger partial charge is 0.255 e. The lowest BCUT2D eigenvalue weighted by atomic mass is 10.0. The summed E-state index contributed by atoms with van der Waals surface area (Å²) in [5, 5.41) is 11.5. The minimum absolute atomic E-state index is 0.0412. The van der Waals surface area contributed by atoms with E-state index in [1.807, 2.05) is 66.9 Å². The van der Waals surface area contributed by atoms with E-state index in [0.29, 0.717) is 18.7 Å². The number of nitrogens with zero attached hydrogens (tertiary/aromatic N) is 4. The van der Waals surface area contributed by atoms with Gasteiger partial charge in [0.05, 0.1) is 0 Å². The average molecular weight is 420 g/mol. The predicted octanol–water partition coefficient (Wildman–Crippen LogP) is 3.24. The maximum atomic E-state index is 12.9. The van der Waals surface area contributed by atoms with Crippen molar-refractivity contribution in [2.75, 3.05) is 6.54 Å². The zero-order valence-corrected chi connectivity index (χ0v) is 18.1. The lowest BCUT2D eigenvalue weighted by Gasteiger charge is -2.30. The van der Waals surface area contributed by atoms with Gasteiger partial charge < -0.3 is 10.2 Å². The molecule has 0 bridgehead atoms. The molecule has 1 aromatic carbocycles. The fourth-order valence-electron chi connectivity index (χ4n) is 4.27. The van der Waals surface area contributed by atoms with Gasteiger partial charge in [-0.15, -0.1) is 10.2 Å². The summed E-state index contributed by atoms with van der Waals surface area (Å²) in [6.45, 7) is 5.09. The molecule has 2 aromatic heterocycles. The Morgan fingerprint density at radius 2 is 1.87 bits per heavy atom. The van der Waals surface area contributed by atoms with Crippen molar-refractivity contribution in [1.29, 1.82) is 0 Å². The van der Waals surface area contributed by atoms with Crippen LogP contribution >= 0.6 is 0 Å². The van der Waals surface area contributed by atoms with Crippen molar-refractivity contribution in [3.63, 3.8) is 0 Å². The maximum Gasteiger partial charge on any atom is 0.255 e. The molecule has 4 rings (SSSR count). The summed E-state index contributed by atoms with van der Waals surface area (Å²) < 4.78 is 2.01. The third-order valence-corrected chi connectivity index (χ3v) is 5.85. The molecule has 1 unspecified atom stereocenters. The number of amides is 2. The molecule has 0 saturated carbocycles. The second-order valence-electron chi connectivity index (χ2n) is 8.43. The Hall–Kier alpha value is -3.22. The minimum atomic E-state index is -0.456. The number of carbonyl (C=O) groups is 2. The fraction of sp³-hybridized carbons (Fsp3) is 0.417. The highest BCUT2D eigenvalue weighted by atomic mass is 16.2. The molecular weight excluding hydrogens is 390 g/mol. The van der Waals surface area contributed by atoms with E-state index >= 15 is 0 Å². The van der Waals surface area contributed by atoms with Crippen molar-refractivity contribution >= 4 is 17.5 Å². The van der Waals surface area contributed by atoms with Crippen LogP contribution in [0.5, 0.6) is 0 Å². The Morgan fingerprint density at radius 3 is 2.68 bits per heavy atom. The maximum absolute atomic E-state index is 12.9. The second kappa shape index (κ2) is 9.29. The van der Waals surface area contributed by atoms with Gasteiger partial charge in [-0.05, 0) is 42.5 Å². The van der Waals surface area contributed by atoms with Crippen molar-refractivity contribution in [2.45, 2.75) is 52.1 Å². The first kappa shape index (κ1) is 21.0. The lowest BCUT2D eigenvalue weighted by molar-refractivity contribution is -0.127. The summed E-state index contributed by atoms with van der Waals surface area (Å²) in [4.78, 5) is 27.4. The number of rotatable bonds is 9. The molecule has 1 atom stereocenters. The Balaban J connectivity index is 1.24. The number of fused-ring (bicyclic) bond motifs is 2. The van der Waals surface area contributed by atoms with Crippen LogP contribution in [-0.2, 0) is 17.8 Å². The van der Waals surface area contributed by atoms with Gasteiger partial charge in [0.2, 0.25) is 5.91 Å². The standard InChI is InChI=1S/C24H29N5O2/c1-17(2)22(29-16-18-10-5-6-11-19(18)24(29)31)23(30)25-14-8-3-4-12-20-26-27-21-13-7-9-15-28(20)21/h5-7,9-11,13,15,17,22H,3-4,8,12,14,16H2,1-2H3,(H,25,30). The number of benzene rings is 1. The molecule has 2 amide bonds. The lowest BCUT2D eigenvalue weighted by Crippen LogP contribution is -2.50. The van der Waals surface area contributed by atoms with Crippen molar-refractivity contribution in [1.82, 2.24) is 24.8 Å². The molecule has 7 nitrogen and oxygen atoms in total. The van der Waals surface area contributed by atoms with E-state index in [4.69, 9.17) is 0 Å². The van der Waals surface area contributed by atoms with Crippen LogP contribution in [0.25, 0.3) is 5.65 Å². The molecule has 0 saturated heterocycles. The largest absolute Gasteiger partial charge is 0.354 e. The number of carbonyl (C=O) groups excluding carboxylic acids is 2. The summed E-state index contributed by atoms with van der Waals surface area (Å²) in [5.41, 5.74) is 2.57. The number of aryl methyl sites for hydroxylation is 1. The molecule has 0 spiro atoms. The molecule has 1 N–H and O–H groups in total. The topological polar surface area (TPSA) is 79.6 Å². The summed E-state index contributed by atoms with van der Waals surface area (Å²) in [5.74, 6) is 0.885.